The molecule has 2 aliphatic heterocycles. The second kappa shape index (κ2) is 8.25. The Bertz CT molecular complexity index is 1100. The predicted molar refractivity (Wildman–Crippen MR) is 113 cm³/mol. The van der Waals surface area contributed by atoms with Gasteiger partial charge in [-0.3, -0.25) is 4.90 Å². The van der Waals surface area contributed by atoms with Crippen LogP contribution in [0, 0.1) is 0 Å². The first kappa shape index (κ1) is 21.0. The normalized spacial score (nSPS) is 24.2. The molecule has 3 unspecified atom stereocenters. The van der Waals surface area contributed by atoms with Crippen LogP contribution in [0.3, 0.4) is 0 Å². The summed E-state index contributed by atoms with van der Waals surface area (Å²) in [7, 11) is 1.72. The summed E-state index contributed by atoms with van der Waals surface area (Å²) in [4.78, 5) is 13.0. The maximum absolute atomic E-state index is 13.3. The van der Waals surface area contributed by atoms with E-state index < -0.39 is 11.9 Å². The van der Waals surface area contributed by atoms with Gasteiger partial charge < -0.3 is 19.8 Å². The van der Waals surface area contributed by atoms with Gasteiger partial charge in [-0.2, -0.15) is 13.2 Å². The number of H-pyrrole nitrogens is 1. The van der Waals surface area contributed by atoms with Crippen LogP contribution in [0.5, 0.6) is 5.75 Å². The molecule has 32 heavy (non-hydrogen) atoms. The summed E-state index contributed by atoms with van der Waals surface area (Å²) in [6, 6.07) is 8.52. The van der Waals surface area contributed by atoms with Gasteiger partial charge in [-0.15, -0.1) is 0 Å². The van der Waals surface area contributed by atoms with Gasteiger partial charge in [0.05, 0.1) is 23.6 Å². The molecule has 2 N–H and O–H groups in total. The number of aromatic nitrogens is 3. The molecule has 2 aliphatic rings. The SMILES string of the molecule is COC1CCCN(C2COc3ccccc3C2Nc2ncnc3[nH]c(C(F)(F)F)cc23)C1. The fourth-order valence-electron chi connectivity index (χ4n) is 4.65. The molecule has 1 fully saturated rings. The van der Waals surface area contributed by atoms with Gasteiger partial charge in [0.2, 0.25) is 0 Å². The van der Waals surface area contributed by atoms with Crippen molar-refractivity contribution in [1.82, 2.24) is 19.9 Å². The maximum atomic E-state index is 13.3. The van der Waals surface area contributed by atoms with E-state index in [9.17, 15) is 13.2 Å². The first-order chi connectivity index (χ1) is 15.4. The van der Waals surface area contributed by atoms with Crippen LogP contribution in [0.1, 0.15) is 30.1 Å². The second-order valence-corrected chi connectivity index (χ2v) is 8.20. The number of aromatic amines is 1. The average molecular weight is 447 g/mol. The van der Waals surface area contributed by atoms with Gasteiger partial charge in [0.15, 0.2) is 0 Å². The van der Waals surface area contributed by atoms with Crippen molar-refractivity contribution in [3.8, 4) is 5.75 Å². The van der Waals surface area contributed by atoms with Crippen LogP contribution in [0.4, 0.5) is 19.0 Å². The average Bonchev–Trinajstić information content (AvgIpc) is 3.25. The molecular formula is C22H24F3N5O2. The highest BCUT2D eigenvalue weighted by Crippen LogP contribution is 2.39. The Hall–Kier alpha value is -2.85. The van der Waals surface area contributed by atoms with Gasteiger partial charge in [-0.1, -0.05) is 18.2 Å². The van der Waals surface area contributed by atoms with Crippen LogP contribution in [0.25, 0.3) is 11.0 Å². The summed E-state index contributed by atoms with van der Waals surface area (Å²) in [6.07, 6.45) is -1.07. The lowest BCUT2D eigenvalue weighted by Crippen LogP contribution is -2.53. The Morgan fingerprint density at radius 2 is 2.09 bits per heavy atom. The smallest absolute Gasteiger partial charge is 0.431 e. The van der Waals surface area contributed by atoms with Crippen molar-refractivity contribution in [1.29, 1.82) is 0 Å². The van der Waals surface area contributed by atoms with E-state index >= 15 is 0 Å². The number of hydrogen-bond acceptors (Lipinski definition) is 6. The number of hydrogen-bond donors (Lipinski definition) is 2. The molecule has 1 saturated heterocycles. The van der Waals surface area contributed by atoms with Crippen molar-refractivity contribution in [2.45, 2.75) is 37.2 Å². The molecule has 3 aromatic rings. The number of rotatable bonds is 4. The lowest BCUT2D eigenvalue weighted by atomic mass is 9.93. The number of piperidine rings is 1. The van der Waals surface area contributed by atoms with E-state index in [4.69, 9.17) is 9.47 Å². The Kier molecular flexibility index (Phi) is 5.42. The molecule has 0 amide bonds. The van der Waals surface area contributed by atoms with Crippen molar-refractivity contribution in [2.75, 3.05) is 32.1 Å². The largest absolute Gasteiger partial charge is 0.491 e. The van der Waals surface area contributed by atoms with Gasteiger partial charge in [-0.05, 0) is 31.5 Å². The summed E-state index contributed by atoms with van der Waals surface area (Å²) in [5.41, 5.74) is 0.240. The molecule has 3 atom stereocenters. The van der Waals surface area contributed by atoms with Crippen LogP contribution in [0.15, 0.2) is 36.7 Å². The third kappa shape index (κ3) is 3.88. The number of para-hydroxylation sites is 1. The van der Waals surface area contributed by atoms with Crippen LogP contribution < -0.4 is 10.1 Å². The lowest BCUT2D eigenvalue weighted by molar-refractivity contribution is -0.140. The number of ether oxygens (including phenoxy) is 2. The van der Waals surface area contributed by atoms with Crippen molar-refractivity contribution in [3.63, 3.8) is 0 Å². The highest BCUT2D eigenvalue weighted by atomic mass is 19.4. The van der Waals surface area contributed by atoms with E-state index in [2.05, 4.69) is 25.2 Å². The summed E-state index contributed by atoms with van der Waals surface area (Å²) < 4.78 is 51.4. The number of halogens is 3. The molecule has 2 aromatic heterocycles. The topological polar surface area (TPSA) is 75.3 Å². The highest BCUT2D eigenvalue weighted by Gasteiger charge is 2.38. The molecule has 0 radical (unpaired) electrons. The number of fused-ring (bicyclic) bond motifs is 2. The van der Waals surface area contributed by atoms with Crippen LogP contribution in [-0.2, 0) is 10.9 Å². The lowest BCUT2D eigenvalue weighted by Gasteiger charge is -2.44. The van der Waals surface area contributed by atoms with Crippen LogP contribution >= 0.6 is 0 Å². The third-order valence-electron chi connectivity index (χ3n) is 6.28. The van der Waals surface area contributed by atoms with Crippen molar-refractivity contribution in [2.24, 2.45) is 0 Å². The van der Waals surface area contributed by atoms with Gasteiger partial charge in [-0.25, -0.2) is 9.97 Å². The summed E-state index contributed by atoms with van der Waals surface area (Å²) in [5, 5.41) is 3.73. The fraction of sp³-hybridized carbons (Fsp3) is 0.455. The highest BCUT2D eigenvalue weighted by molar-refractivity contribution is 5.88. The number of anilines is 1. The number of nitrogens with zero attached hydrogens (tertiary/aromatic N) is 3. The molecule has 4 heterocycles. The first-order valence-corrected chi connectivity index (χ1v) is 10.6. The fourth-order valence-corrected chi connectivity index (χ4v) is 4.65. The quantitative estimate of drug-likeness (QED) is 0.630. The zero-order valence-corrected chi connectivity index (χ0v) is 17.5. The van der Waals surface area contributed by atoms with E-state index in [1.165, 1.54) is 6.33 Å². The van der Waals surface area contributed by atoms with Gasteiger partial charge in [0, 0.05) is 19.2 Å². The molecule has 1 aromatic carbocycles. The molecule has 170 valence electrons. The molecular weight excluding hydrogens is 423 g/mol. The van der Waals surface area contributed by atoms with E-state index in [-0.39, 0.29) is 23.8 Å². The van der Waals surface area contributed by atoms with Crippen molar-refractivity contribution in [3.05, 3.63) is 47.9 Å². The van der Waals surface area contributed by atoms with E-state index in [0.717, 1.165) is 43.3 Å². The monoisotopic (exact) mass is 447 g/mol. The molecule has 0 aliphatic carbocycles. The van der Waals surface area contributed by atoms with E-state index in [1.807, 2.05) is 24.3 Å². The Morgan fingerprint density at radius 1 is 1.25 bits per heavy atom. The van der Waals surface area contributed by atoms with Crippen molar-refractivity contribution < 1.29 is 22.6 Å². The Labute approximate surface area is 182 Å². The van der Waals surface area contributed by atoms with Crippen molar-refractivity contribution >= 4 is 16.9 Å². The van der Waals surface area contributed by atoms with Gasteiger partial charge >= 0.3 is 6.18 Å². The zero-order valence-electron chi connectivity index (χ0n) is 17.5. The predicted octanol–water partition coefficient (Wildman–Crippen LogP) is 4.00. The van der Waals surface area contributed by atoms with Crippen LogP contribution in [0.2, 0.25) is 0 Å². The minimum Gasteiger partial charge on any atom is -0.491 e. The standard InChI is InChI=1S/C22H24F3N5O2/c1-31-13-5-4-8-30(10-13)16-11-32-17-7-3-2-6-14(17)19(16)29-21-15-9-18(22(23,24)25)28-20(15)26-12-27-21/h2-3,6-7,9,12-13,16,19H,4-5,8,10-11H2,1H3,(H2,26,27,28,29). The second-order valence-electron chi connectivity index (χ2n) is 8.20. The van der Waals surface area contributed by atoms with E-state index in [0.29, 0.717) is 17.8 Å². The summed E-state index contributed by atoms with van der Waals surface area (Å²) >= 11 is 0. The number of nitrogens with one attached hydrogen (secondary N) is 2. The van der Waals surface area contributed by atoms with Gasteiger partial charge in [0.25, 0.3) is 0 Å². The third-order valence-corrected chi connectivity index (χ3v) is 6.28. The minimum absolute atomic E-state index is 0.0334. The molecule has 10 heteroatoms. The molecule has 5 rings (SSSR count). The van der Waals surface area contributed by atoms with Crippen LogP contribution in [-0.4, -0.2) is 58.8 Å². The maximum Gasteiger partial charge on any atom is 0.431 e. The number of likely N-dealkylation sites (tertiary alicyclic amines) is 1. The number of methoxy groups -OCH3 is 1. The zero-order chi connectivity index (χ0) is 22.3. The summed E-state index contributed by atoms with van der Waals surface area (Å²) in [6.45, 7) is 2.13. The molecule has 0 spiro atoms. The van der Waals surface area contributed by atoms with Gasteiger partial charge in [0.1, 0.15) is 35.8 Å². The van der Waals surface area contributed by atoms with E-state index in [1.54, 1.807) is 7.11 Å². The molecule has 0 bridgehead atoms. The number of alkyl halides is 3. The molecule has 7 nitrogen and oxygen atoms in total. The summed E-state index contributed by atoms with van der Waals surface area (Å²) in [5.74, 6) is 1.12. The Balaban J connectivity index is 1.52. The molecule has 0 saturated carbocycles. The minimum atomic E-state index is -4.49. The number of benzene rings is 1. The first-order valence-electron chi connectivity index (χ1n) is 10.6. The Morgan fingerprint density at radius 3 is 2.91 bits per heavy atom.